The normalized spacial score (nSPS) is 11.2. The first-order chi connectivity index (χ1) is 8.28. The molecule has 2 N–H and O–H groups in total. The molecule has 0 aliphatic heterocycles. The minimum Gasteiger partial charge on any atom is -0.325 e. The fourth-order valence-electron chi connectivity index (χ4n) is 1.93. The Morgan fingerprint density at radius 2 is 2.18 bits per heavy atom. The molecular weight excluding hydrogens is 230 g/mol. The van der Waals surface area contributed by atoms with Crippen LogP contribution in [0.15, 0.2) is 36.5 Å². The zero-order valence-corrected chi connectivity index (χ0v) is 10.4. The molecule has 0 amide bonds. The Morgan fingerprint density at radius 3 is 2.88 bits per heavy atom. The van der Waals surface area contributed by atoms with E-state index < -0.39 is 0 Å². The minimum atomic E-state index is 0.524. The molecule has 3 rings (SSSR count). The second-order valence-corrected chi connectivity index (χ2v) is 5.27. The molecule has 3 aromatic rings. The quantitative estimate of drug-likeness (QED) is 0.752. The van der Waals surface area contributed by atoms with Gasteiger partial charge in [-0.25, -0.2) is 4.98 Å². The van der Waals surface area contributed by atoms with Crippen molar-refractivity contribution >= 4 is 17.0 Å². The lowest BCUT2D eigenvalue weighted by atomic mass is 10.3. The van der Waals surface area contributed by atoms with E-state index >= 15 is 0 Å². The summed E-state index contributed by atoms with van der Waals surface area (Å²) in [7, 11) is 0. The van der Waals surface area contributed by atoms with Crippen molar-refractivity contribution in [2.75, 3.05) is 0 Å². The molecule has 0 saturated heterocycles. The third kappa shape index (κ3) is 1.75. The van der Waals surface area contributed by atoms with Crippen molar-refractivity contribution in [2.24, 2.45) is 5.73 Å². The predicted octanol–water partition coefficient (Wildman–Crippen LogP) is 2.83. The average Bonchev–Trinajstić information content (AvgIpc) is 2.93. The van der Waals surface area contributed by atoms with Crippen LogP contribution in [0.4, 0.5) is 0 Å². The van der Waals surface area contributed by atoms with E-state index in [1.165, 1.54) is 9.75 Å². The monoisotopic (exact) mass is 243 g/mol. The van der Waals surface area contributed by atoms with Crippen LogP contribution in [-0.2, 0) is 6.54 Å². The molecule has 86 valence electrons. The van der Waals surface area contributed by atoms with Gasteiger partial charge in [-0.15, -0.1) is 11.3 Å². The van der Waals surface area contributed by atoms with Gasteiger partial charge < -0.3 is 10.1 Å². The van der Waals surface area contributed by atoms with Crippen molar-refractivity contribution in [3.63, 3.8) is 0 Å². The highest BCUT2D eigenvalue weighted by Gasteiger charge is 2.07. The molecule has 0 fully saturated rings. The van der Waals surface area contributed by atoms with Crippen molar-refractivity contribution in [3.8, 4) is 10.6 Å². The first kappa shape index (κ1) is 10.5. The lowest BCUT2D eigenvalue weighted by Gasteiger charge is -1.99. The van der Waals surface area contributed by atoms with Gasteiger partial charge in [-0.1, -0.05) is 6.07 Å². The maximum absolute atomic E-state index is 5.72. The van der Waals surface area contributed by atoms with Crippen molar-refractivity contribution in [3.05, 3.63) is 47.1 Å². The standard InChI is InChI=1S/C13H13N3S/c1-9-5-6-12(17-9)11-8-16-10(7-14)3-2-4-13(16)15-11/h2-6,8H,7,14H2,1H3. The SMILES string of the molecule is Cc1ccc(-c2cn3c(CN)cccc3n2)s1. The first-order valence-electron chi connectivity index (χ1n) is 5.52. The van der Waals surface area contributed by atoms with E-state index in [4.69, 9.17) is 5.73 Å². The van der Waals surface area contributed by atoms with Crippen molar-refractivity contribution < 1.29 is 0 Å². The Labute approximate surface area is 104 Å². The summed E-state index contributed by atoms with van der Waals surface area (Å²) in [6.07, 6.45) is 2.06. The number of aryl methyl sites for hydroxylation is 1. The van der Waals surface area contributed by atoms with Gasteiger partial charge in [0, 0.05) is 23.3 Å². The summed E-state index contributed by atoms with van der Waals surface area (Å²) >= 11 is 1.76. The lowest BCUT2D eigenvalue weighted by Crippen LogP contribution is -2.02. The smallest absolute Gasteiger partial charge is 0.137 e. The molecule has 0 aromatic carbocycles. The molecule has 0 atom stereocenters. The van der Waals surface area contributed by atoms with E-state index in [-0.39, 0.29) is 0 Å². The number of hydrogen-bond donors (Lipinski definition) is 1. The summed E-state index contributed by atoms with van der Waals surface area (Å²) in [5, 5.41) is 0. The van der Waals surface area contributed by atoms with Gasteiger partial charge in [-0.05, 0) is 31.2 Å². The number of aromatic nitrogens is 2. The molecule has 4 heteroatoms. The molecule has 0 radical (unpaired) electrons. The Balaban J connectivity index is 2.19. The average molecular weight is 243 g/mol. The van der Waals surface area contributed by atoms with Crippen LogP contribution in [0.1, 0.15) is 10.6 Å². The molecule has 0 saturated carbocycles. The van der Waals surface area contributed by atoms with Crippen LogP contribution in [0.5, 0.6) is 0 Å². The Kier molecular flexibility index (Phi) is 2.46. The number of imidazole rings is 1. The van der Waals surface area contributed by atoms with Crippen LogP contribution in [0.2, 0.25) is 0 Å². The van der Waals surface area contributed by atoms with Crippen LogP contribution in [0, 0.1) is 6.92 Å². The maximum Gasteiger partial charge on any atom is 0.137 e. The van der Waals surface area contributed by atoms with Crippen LogP contribution in [-0.4, -0.2) is 9.38 Å². The molecule has 0 spiro atoms. The number of rotatable bonds is 2. The second-order valence-electron chi connectivity index (χ2n) is 3.99. The summed E-state index contributed by atoms with van der Waals surface area (Å²) < 4.78 is 2.06. The number of thiophene rings is 1. The molecule has 0 aliphatic carbocycles. The number of fused-ring (bicyclic) bond motifs is 1. The summed E-state index contributed by atoms with van der Waals surface area (Å²) in [4.78, 5) is 7.13. The topological polar surface area (TPSA) is 43.3 Å². The van der Waals surface area contributed by atoms with Crippen molar-refractivity contribution in [2.45, 2.75) is 13.5 Å². The largest absolute Gasteiger partial charge is 0.325 e. The zero-order chi connectivity index (χ0) is 11.8. The van der Waals surface area contributed by atoms with E-state index in [0.717, 1.165) is 17.0 Å². The lowest BCUT2D eigenvalue weighted by molar-refractivity contribution is 0.946. The predicted molar refractivity (Wildman–Crippen MR) is 71.1 cm³/mol. The fourth-order valence-corrected chi connectivity index (χ4v) is 2.75. The summed E-state index contributed by atoms with van der Waals surface area (Å²) in [5.41, 5.74) is 8.77. The highest BCUT2D eigenvalue weighted by atomic mass is 32.1. The maximum atomic E-state index is 5.72. The van der Waals surface area contributed by atoms with Gasteiger partial charge in [0.05, 0.1) is 10.6 Å². The molecule has 17 heavy (non-hydrogen) atoms. The van der Waals surface area contributed by atoms with Gasteiger partial charge in [-0.3, -0.25) is 0 Å². The van der Waals surface area contributed by atoms with Crippen molar-refractivity contribution in [1.82, 2.24) is 9.38 Å². The summed E-state index contributed by atoms with van der Waals surface area (Å²) in [5.74, 6) is 0. The molecule has 3 nitrogen and oxygen atoms in total. The van der Waals surface area contributed by atoms with Gasteiger partial charge >= 0.3 is 0 Å². The van der Waals surface area contributed by atoms with Crippen LogP contribution < -0.4 is 5.73 Å². The zero-order valence-electron chi connectivity index (χ0n) is 9.55. The minimum absolute atomic E-state index is 0.524. The Morgan fingerprint density at radius 1 is 1.29 bits per heavy atom. The van der Waals surface area contributed by atoms with Crippen LogP contribution in [0.3, 0.4) is 0 Å². The molecular formula is C13H13N3S. The molecule has 0 unspecified atom stereocenters. The number of nitrogens with zero attached hydrogens (tertiary/aromatic N) is 2. The van der Waals surface area contributed by atoms with Gasteiger partial charge in [0.1, 0.15) is 5.65 Å². The van der Waals surface area contributed by atoms with Crippen molar-refractivity contribution in [1.29, 1.82) is 0 Å². The fraction of sp³-hybridized carbons (Fsp3) is 0.154. The molecule has 3 heterocycles. The van der Waals surface area contributed by atoms with E-state index in [2.05, 4.69) is 34.6 Å². The third-order valence-electron chi connectivity index (χ3n) is 2.78. The van der Waals surface area contributed by atoms with Crippen LogP contribution in [0.25, 0.3) is 16.2 Å². The number of nitrogens with two attached hydrogens (primary N) is 1. The second kappa shape index (κ2) is 3.98. The van der Waals surface area contributed by atoms with Crippen LogP contribution >= 0.6 is 11.3 Å². The first-order valence-corrected chi connectivity index (χ1v) is 6.33. The van der Waals surface area contributed by atoms with E-state index in [9.17, 15) is 0 Å². The summed E-state index contributed by atoms with van der Waals surface area (Å²) in [6.45, 7) is 2.63. The highest BCUT2D eigenvalue weighted by Crippen LogP contribution is 2.27. The van der Waals surface area contributed by atoms with Gasteiger partial charge in [0.25, 0.3) is 0 Å². The van der Waals surface area contributed by atoms with Gasteiger partial charge in [0.2, 0.25) is 0 Å². The van der Waals surface area contributed by atoms with E-state index in [1.807, 2.05) is 18.2 Å². The third-order valence-corrected chi connectivity index (χ3v) is 3.80. The summed E-state index contributed by atoms with van der Waals surface area (Å²) in [6, 6.07) is 10.3. The Bertz CT molecular complexity index is 666. The van der Waals surface area contributed by atoms with Gasteiger partial charge in [-0.2, -0.15) is 0 Å². The van der Waals surface area contributed by atoms with E-state index in [1.54, 1.807) is 11.3 Å². The highest BCUT2D eigenvalue weighted by molar-refractivity contribution is 7.15. The molecule has 3 aromatic heterocycles. The van der Waals surface area contributed by atoms with E-state index in [0.29, 0.717) is 6.54 Å². The van der Waals surface area contributed by atoms with Gasteiger partial charge in [0.15, 0.2) is 0 Å². The molecule has 0 bridgehead atoms. The molecule has 0 aliphatic rings. The Hall–Kier alpha value is -1.65. The number of pyridine rings is 1. The number of hydrogen-bond acceptors (Lipinski definition) is 3.